The molecule has 88 valence electrons. The van der Waals surface area contributed by atoms with Crippen molar-refractivity contribution in [1.29, 1.82) is 0 Å². The van der Waals surface area contributed by atoms with Crippen LogP contribution < -0.4 is 5.73 Å². The normalized spacial score (nSPS) is 10.6. The molecular weight excluding hydrogens is 210 g/mol. The van der Waals surface area contributed by atoms with E-state index in [4.69, 9.17) is 5.73 Å². The number of nitrogen functional groups attached to an aromatic ring is 1. The highest BCUT2D eigenvalue weighted by Gasteiger charge is 2.10. The van der Waals surface area contributed by atoms with E-state index in [1.54, 1.807) is 0 Å². The minimum absolute atomic E-state index is 0.148. The fourth-order valence-corrected chi connectivity index (χ4v) is 1.97. The van der Waals surface area contributed by atoms with Gasteiger partial charge in [0.2, 0.25) is 0 Å². The first-order chi connectivity index (χ1) is 8.22. The average Bonchev–Trinajstić information content (AvgIpc) is 2.35. The molecule has 0 saturated heterocycles. The van der Waals surface area contributed by atoms with Crippen molar-refractivity contribution in [3.05, 3.63) is 42.0 Å². The van der Waals surface area contributed by atoms with E-state index < -0.39 is 0 Å². The van der Waals surface area contributed by atoms with Gasteiger partial charge in [-0.3, -0.25) is 4.79 Å². The Balaban J connectivity index is 2.40. The van der Waals surface area contributed by atoms with Gasteiger partial charge < -0.3 is 5.73 Å². The summed E-state index contributed by atoms with van der Waals surface area (Å²) in [7, 11) is 0. The van der Waals surface area contributed by atoms with Gasteiger partial charge in [-0.05, 0) is 29.3 Å². The summed E-state index contributed by atoms with van der Waals surface area (Å²) in [6, 6.07) is 11.7. The van der Waals surface area contributed by atoms with Crippen molar-refractivity contribution < 1.29 is 4.79 Å². The second-order valence-corrected chi connectivity index (χ2v) is 4.31. The number of anilines is 1. The Kier molecular flexibility index (Phi) is 3.43. The molecule has 2 aromatic carbocycles. The molecule has 0 radical (unpaired) electrons. The molecule has 2 heteroatoms. The Labute approximate surface area is 101 Å². The summed E-state index contributed by atoms with van der Waals surface area (Å²) in [5, 5.41) is 2.15. The number of unbranched alkanes of at least 4 members (excludes halogenated alkanes) is 1. The second-order valence-electron chi connectivity index (χ2n) is 4.31. The zero-order valence-electron chi connectivity index (χ0n) is 10.1. The van der Waals surface area contributed by atoms with Gasteiger partial charge >= 0.3 is 0 Å². The highest BCUT2D eigenvalue weighted by molar-refractivity contribution is 6.05. The third-order valence-electron chi connectivity index (χ3n) is 2.98. The molecule has 2 N–H and O–H groups in total. The van der Waals surface area contributed by atoms with Crippen molar-refractivity contribution in [1.82, 2.24) is 0 Å². The summed E-state index contributed by atoms with van der Waals surface area (Å²) in [6.45, 7) is 2.08. The summed E-state index contributed by atoms with van der Waals surface area (Å²) >= 11 is 0. The quantitative estimate of drug-likeness (QED) is 0.637. The molecule has 0 aromatic heterocycles. The van der Waals surface area contributed by atoms with Gasteiger partial charge in [0.05, 0.1) is 0 Å². The number of carbonyl (C=O) groups is 1. The number of ketones is 1. The Morgan fingerprint density at radius 3 is 2.47 bits per heavy atom. The third-order valence-corrected chi connectivity index (χ3v) is 2.98. The van der Waals surface area contributed by atoms with E-state index in [1.165, 1.54) is 0 Å². The first-order valence-electron chi connectivity index (χ1n) is 6.04. The molecule has 2 aromatic rings. The van der Waals surface area contributed by atoms with Crippen LogP contribution in [-0.2, 0) is 0 Å². The van der Waals surface area contributed by atoms with E-state index in [2.05, 4.69) is 6.92 Å². The van der Waals surface area contributed by atoms with Gasteiger partial charge in [-0.1, -0.05) is 37.6 Å². The lowest BCUT2D eigenvalue weighted by Gasteiger charge is -2.07. The van der Waals surface area contributed by atoms with Crippen molar-refractivity contribution in [2.24, 2.45) is 0 Å². The molecule has 0 fully saturated rings. The van der Waals surface area contributed by atoms with Gasteiger partial charge in [0.15, 0.2) is 5.78 Å². The SMILES string of the molecule is CCCCC(=O)c1cc2ccccc2cc1N. The van der Waals surface area contributed by atoms with E-state index in [9.17, 15) is 4.79 Å². The van der Waals surface area contributed by atoms with Crippen LogP contribution in [0.2, 0.25) is 0 Å². The van der Waals surface area contributed by atoms with Gasteiger partial charge in [0.25, 0.3) is 0 Å². The lowest BCUT2D eigenvalue weighted by atomic mass is 9.99. The van der Waals surface area contributed by atoms with Crippen molar-refractivity contribution >= 4 is 22.2 Å². The van der Waals surface area contributed by atoms with Crippen LogP contribution in [0.5, 0.6) is 0 Å². The maximum atomic E-state index is 12.0. The molecule has 0 aliphatic rings. The minimum Gasteiger partial charge on any atom is -0.398 e. The van der Waals surface area contributed by atoms with Crippen molar-refractivity contribution in [3.63, 3.8) is 0 Å². The third kappa shape index (κ3) is 2.47. The lowest BCUT2D eigenvalue weighted by molar-refractivity contribution is 0.0981. The van der Waals surface area contributed by atoms with Crippen molar-refractivity contribution in [2.45, 2.75) is 26.2 Å². The predicted octanol–water partition coefficient (Wildman–Crippen LogP) is 3.79. The van der Waals surface area contributed by atoms with Crippen LogP contribution in [0, 0.1) is 0 Å². The number of fused-ring (bicyclic) bond motifs is 1. The molecule has 0 heterocycles. The Morgan fingerprint density at radius 2 is 1.82 bits per heavy atom. The summed E-state index contributed by atoms with van der Waals surface area (Å²) in [4.78, 5) is 12.0. The highest BCUT2D eigenvalue weighted by atomic mass is 16.1. The topological polar surface area (TPSA) is 43.1 Å². The molecule has 0 aliphatic heterocycles. The number of benzene rings is 2. The van der Waals surface area contributed by atoms with Crippen LogP contribution in [0.25, 0.3) is 10.8 Å². The summed E-state index contributed by atoms with van der Waals surface area (Å²) in [5.74, 6) is 0.148. The summed E-state index contributed by atoms with van der Waals surface area (Å²) in [6.07, 6.45) is 2.53. The van der Waals surface area contributed by atoms with Crippen LogP contribution in [0.3, 0.4) is 0 Å². The fourth-order valence-electron chi connectivity index (χ4n) is 1.97. The van der Waals surface area contributed by atoms with E-state index in [0.29, 0.717) is 17.7 Å². The molecule has 2 nitrogen and oxygen atoms in total. The smallest absolute Gasteiger partial charge is 0.164 e. The van der Waals surface area contributed by atoms with Gasteiger partial charge in [0, 0.05) is 17.7 Å². The Hall–Kier alpha value is -1.83. The fraction of sp³-hybridized carbons (Fsp3) is 0.267. The molecular formula is C15H17NO. The number of Topliss-reactive ketones (excluding diaryl/α,β-unsaturated/α-hetero) is 1. The predicted molar refractivity (Wildman–Crippen MR) is 72.2 cm³/mol. The van der Waals surface area contributed by atoms with Crippen LogP contribution in [0.1, 0.15) is 36.5 Å². The molecule has 0 bridgehead atoms. The second kappa shape index (κ2) is 5.00. The maximum Gasteiger partial charge on any atom is 0.164 e. The highest BCUT2D eigenvalue weighted by Crippen LogP contribution is 2.23. The summed E-state index contributed by atoms with van der Waals surface area (Å²) < 4.78 is 0. The maximum absolute atomic E-state index is 12.0. The van der Waals surface area contributed by atoms with Gasteiger partial charge in [-0.15, -0.1) is 0 Å². The number of nitrogens with two attached hydrogens (primary N) is 1. The van der Waals surface area contributed by atoms with E-state index in [1.807, 2.05) is 36.4 Å². The van der Waals surface area contributed by atoms with E-state index >= 15 is 0 Å². The van der Waals surface area contributed by atoms with E-state index in [0.717, 1.165) is 23.6 Å². The molecule has 0 spiro atoms. The molecule has 0 aliphatic carbocycles. The monoisotopic (exact) mass is 227 g/mol. The first kappa shape index (κ1) is 11.6. The standard InChI is InChI=1S/C15H17NO/c1-2-3-8-15(17)13-9-11-6-4-5-7-12(11)10-14(13)16/h4-7,9-10H,2-3,8,16H2,1H3. The van der Waals surface area contributed by atoms with Crippen LogP contribution >= 0.6 is 0 Å². The van der Waals surface area contributed by atoms with Crippen LogP contribution in [-0.4, -0.2) is 5.78 Å². The van der Waals surface area contributed by atoms with Crippen molar-refractivity contribution in [3.8, 4) is 0 Å². The number of carbonyl (C=O) groups excluding carboxylic acids is 1. The van der Waals surface area contributed by atoms with Crippen LogP contribution in [0.4, 0.5) is 5.69 Å². The van der Waals surface area contributed by atoms with Gasteiger partial charge in [-0.2, -0.15) is 0 Å². The number of rotatable bonds is 4. The molecule has 0 unspecified atom stereocenters. The zero-order valence-corrected chi connectivity index (χ0v) is 10.1. The van der Waals surface area contributed by atoms with Crippen molar-refractivity contribution in [2.75, 3.05) is 5.73 Å². The van der Waals surface area contributed by atoms with Gasteiger partial charge in [-0.25, -0.2) is 0 Å². The number of hydrogen-bond donors (Lipinski definition) is 1. The first-order valence-corrected chi connectivity index (χ1v) is 6.04. The lowest BCUT2D eigenvalue weighted by Crippen LogP contribution is -2.03. The molecule has 0 atom stereocenters. The molecule has 2 rings (SSSR count). The number of hydrogen-bond acceptors (Lipinski definition) is 2. The molecule has 17 heavy (non-hydrogen) atoms. The van der Waals surface area contributed by atoms with Crippen LogP contribution in [0.15, 0.2) is 36.4 Å². The molecule has 0 amide bonds. The largest absolute Gasteiger partial charge is 0.398 e. The van der Waals surface area contributed by atoms with Gasteiger partial charge in [0.1, 0.15) is 0 Å². The zero-order chi connectivity index (χ0) is 12.3. The molecule has 0 saturated carbocycles. The Morgan fingerprint density at radius 1 is 1.18 bits per heavy atom. The van der Waals surface area contributed by atoms with E-state index in [-0.39, 0.29) is 5.78 Å². The average molecular weight is 227 g/mol. The minimum atomic E-state index is 0.148. The Bertz CT molecular complexity index is 546. The summed E-state index contributed by atoms with van der Waals surface area (Å²) in [5.41, 5.74) is 7.19.